The van der Waals surface area contributed by atoms with Crippen molar-refractivity contribution in [1.82, 2.24) is 9.55 Å². The van der Waals surface area contributed by atoms with Gasteiger partial charge in [-0.2, -0.15) is 0 Å². The number of aryl methyl sites for hydroxylation is 1. The molecule has 3 heteroatoms. The number of aromatic hydroxyl groups is 1. The summed E-state index contributed by atoms with van der Waals surface area (Å²) in [5.74, 6) is 2.19. The smallest absolute Gasteiger partial charge is 0.116 e. The molecule has 0 amide bonds. The number of hydrogen-bond donors (Lipinski definition) is 1. The van der Waals surface area contributed by atoms with Crippen molar-refractivity contribution in [1.29, 1.82) is 0 Å². The number of fused-ring (bicyclic) bond motifs is 1. The highest BCUT2D eigenvalue weighted by Gasteiger charge is 2.17. The van der Waals surface area contributed by atoms with Gasteiger partial charge in [0.15, 0.2) is 0 Å². The molecule has 1 aromatic carbocycles. The Hall–Kier alpha value is -1.77. The minimum Gasteiger partial charge on any atom is -0.508 e. The molecule has 3 nitrogen and oxygen atoms in total. The van der Waals surface area contributed by atoms with Crippen molar-refractivity contribution in [3.05, 3.63) is 36.3 Å². The van der Waals surface area contributed by atoms with Gasteiger partial charge in [0, 0.05) is 24.7 Å². The Kier molecular flexibility index (Phi) is 2.39. The summed E-state index contributed by atoms with van der Waals surface area (Å²) in [6.07, 6.45) is 4.37. The molecule has 0 spiro atoms. The standard InChI is InChI=1S/C14H16N2O/c1-10-5-6-14-15-13(9-16(14)8-10)11-3-2-4-12(17)7-11/h2-4,7,9-10,17H,5-6,8H2,1H3. The van der Waals surface area contributed by atoms with Crippen LogP contribution in [0.15, 0.2) is 30.5 Å². The van der Waals surface area contributed by atoms with Gasteiger partial charge in [-0.05, 0) is 24.5 Å². The molecule has 0 saturated carbocycles. The zero-order valence-electron chi connectivity index (χ0n) is 9.93. The Morgan fingerprint density at radius 1 is 1.41 bits per heavy atom. The summed E-state index contributed by atoms with van der Waals surface area (Å²) < 4.78 is 2.24. The van der Waals surface area contributed by atoms with Crippen LogP contribution in [0.2, 0.25) is 0 Å². The maximum atomic E-state index is 9.48. The molecule has 1 aromatic heterocycles. The van der Waals surface area contributed by atoms with Crippen molar-refractivity contribution in [3.8, 4) is 17.0 Å². The molecule has 0 saturated heterocycles. The summed E-state index contributed by atoms with van der Waals surface area (Å²) in [7, 11) is 0. The fourth-order valence-corrected chi connectivity index (χ4v) is 2.42. The van der Waals surface area contributed by atoms with E-state index in [1.165, 1.54) is 12.2 Å². The van der Waals surface area contributed by atoms with Crippen molar-refractivity contribution in [3.63, 3.8) is 0 Å². The van der Waals surface area contributed by atoms with Gasteiger partial charge in [0.25, 0.3) is 0 Å². The van der Waals surface area contributed by atoms with E-state index in [4.69, 9.17) is 0 Å². The highest BCUT2D eigenvalue weighted by molar-refractivity contribution is 5.60. The molecule has 3 rings (SSSR count). The largest absolute Gasteiger partial charge is 0.508 e. The molecule has 17 heavy (non-hydrogen) atoms. The number of phenols is 1. The molecule has 1 N–H and O–H groups in total. The van der Waals surface area contributed by atoms with Gasteiger partial charge < -0.3 is 9.67 Å². The van der Waals surface area contributed by atoms with E-state index in [0.717, 1.165) is 30.1 Å². The Bertz CT molecular complexity index is 545. The first-order valence-electron chi connectivity index (χ1n) is 6.08. The SMILES string of the molecule is CC1CCc2nc(-c3cccc(O)c3)cn2C1. The van der Waals surface area contributed by atoms with Crippen LogP contribution in [0, 0.1) is 5.92 Å². The average molecular weight is 228 g/mol. The van der Waals surface area contributed by atoms with Gasteiger partial charge in [0.2, 0.25) is 0 Å². The molecule has 1 aliphatic rings. The first kappa shape index (κ1) is 10.4. The van der Waals surface area contributed by atoms with E-state index in [9.17, 15) is 5.11 Å². The van der Waals surface area contributed by atoms with Gasteiger partial charge in [0.05, 0.1) is 5.69 Å². The fourth-order valence-electron chi connectivity index (χ4n) is 2.42. The zero-order valence-corrected chi connectivity index (χ0v) is 9.93. The minimum atomic E-state index is 0.293. The monoisotopic (exact) mass is 228 g/mol. The van der Waals surface area contributed by atoms with Crippen LogP contribution in [0.1, 0.15) is 19.2 Å². The molecule has 0 bridgehead atoms. The van der Waals surface area contributed by atoms with Gasteiger partial charge in [-0.25, -0.2) is 4.98 Å². The van der Waals surface area contributed by atoms with Crippen LogP contribution in [-0.4, -0.2) is 14.7 Å². The first-order chi connectivity index (χ1) is 8.22. The number of phenolic OH excluding ortho intramolecular Hbond substituents is 1. The van der Waals surface area contributed by atoms with Gasteiger partial charge >= 0.3 is 0 Å². The first-order valence-corrected chi connectivity index (χ1v) is 6.08. The van der Waals surface area contributed by atoms with Crippen LogP contribution in [0.25, 0.3) is 11.3 Å². The van der Waals surface area contributed by atoms with E-state index < -0.39 is 0 Å². The highest BCUT2D eigenvalue weighted by atomic mass is 16.3. The van der Waals surface area contributed by atoms with Crippen molar-refractivity contribution in [2.45, 2.75) is 26.3 Å². The Morgan fingerprint density at radius 2 is 2.29 bits per heavy atom. The van der Waals surface area contributed by atoms with Crippen LogP contribution in [0.3, 0.4) is 0 Å². The molecule has 1 aliphatic heterocycles. The number of aromatic nitrogens is 2. The predicted molar refractivity (Wildman–Crippen MR) is 66.8 cm³/mol. The summed E-state index contributed by atoms with van der Waals surface area (Å²) in [5, 5.41) is 9.48. The molecule has 1 unspecified atom stereocenters. The van der Waals surface area contributed by atoms with Crippen molar-refractivity contribution >= 4 is 0 Å². The van der Waals surface area contributed by atoms with Crippen LogP contribution >= 0.6 is 0 Å². The molecule has 1 atom stereocenters. The summed E-state index contributed by atoms with van der Waals surface area (Å²) in [6.45, 7) is 3.33. The molecule has 2 aromatic rings. The molecule has 0 radical (unpaired) electrons. The lowest BCUT2D eigenvalue weighted by atomic mass is 10.0. The number of nitrogens with zero attached hydrogens (tertiary/aromatic N) is 2. The Morgan fingerprint density at radius 3 is 3.12 bits per heavy atom. The van der Waals surface area contributed by atoms with Gasteiger partial charge in [0.1, 0.15) is 11.6 Å². The second-order valence-corrected chi connectivity index (χ2v) is 4.89. The average Bonchev–Trinajstić information content (AvgIpc) is 2.72. The van der Waals surface area contributed by atoms with Crippen LogP contribution in [0.4, 0.5) is 0 Å². The van der Waals surface area contributed by atoms with Crippen molar-refractivity contribution in [2.24, 2.45) is 5.92 Å². The van der Waals surface area contributed by atoms with Crippen LogP contribution in [0.5, 0.6) is 5.75 Å². The van der Waals surface area contributed by atoms with E-state index in [2.05, 4.69) is 22.7 Å². The van der Waals surface area contributed by atoms with Gasteiger partial charge in [-0.15, -0.1) is 0 Å². The second kappa shape index (κ2) is 3.91. The fraction of sp³-hybridized carbons (Fsp3) is 0.357. The maximum absolute atomic E-state index is 9.48. The quantitative estimate of drug-likeness (QED) is 0.815. The minimum absolute atomic E-state index is 0.293. The van der Waals surface area contributed by atoms with Crippen molar-refractivity contribution < 1.29 is 5.11 Å². The maximum Gasteiger partial charge on any atom is 0.116 e. The van der Waals surface area contributed by atoms with Crippen molar-refractivity contribution in [2.75, 3.05) is 0 Å². The second-order valence-electron chi connectivity index (χ2n) is 4.89. The molecule has 0 fully saturated rings. The van der Waals surface area contributed by atoms with E-state index in [1.807, 2.05) is 12.1 Å². The lowest BCUT2D eigenvalue weighted by Crippen LogP contribution is -2.17. The zero-order chi connectivity index (χ0) is 11.8. The predicted octanol–water partition coefficient (Wildman–Crippen LogP) is 2.84. The highest BCUT2D eigenvalue weighted by Crippen LogP contribution is 2.26. The van der Waals surface area contributed by atoms with E-state index in [1.54, 1.807) is 12.1 Å². The molecule has 0 aliphatic carbocycles. The van der Waals surface area contributed by atoms with E-state index in [0.29, 0.717) is 5.75 Å². The summed E-state index contributed by atoms with van der Waals surface area (Å²) in [5.41, 5.74) is 1.95. The lowest BCUT2D eigenvalue weighted by molar-refractivity contribution is 0.394. The van der Waals surface area contributed by atoms with Gasteiger partial charge in [-0.3, -0.25) is 0 Å². The van der Waals surface area contributed by atoms with E-state index >= 15 is 0 Å². The summed E-state index contributed by atoms with van der Waals surface area (Å²) >= 11 is 0. The molecule has 88 valence electrons. The normalized spacial score (nSPS) is 19.0. The third-order valence-electron chi connectivity index (χ3n) is 3.37. The third kappa shape index (κ3) is 1.93. The third-order valence-corrected chi connectivity index (χ3v) is 3.37. The topological polar surface area (TPSA) is 38.1 Å². The Balaban J connectivity index is 2.00. The molecular formula is C14H16N2O. The van der Waals surface area contributed by atoms with Crippen LogP contribution < -0.4 is 0 Å². The lowest BCUT2D eigenvalue weighted by Gasteiger charge is -2.19. The molecular weight excluding hydrogens is 212 g/mol. The number of hydrogen-bond acceptors (Lipinski definition) is 2. The Labute approximate surface area is 101 Å². The molecule has 2 heterocycles. The van der Waals surface area contributed by atoms with Crippen LogP contribution in [-0.2, 0) is 13.0 Å². The summed E-state index contributed by atoms with van der Waals surface area (Å²) in [4.78, 5) is 4.65. The number of rotatable bonds is 1. The van der Waals surface area contributed by atoms with E-state index in [-0.39, 0.29) is 0 Å². The summed E-state index contributed by atoms with van der Waals surface area (Å²) in [6, 6.07) is 7.28. The number of imidazole rings is 1. The number of benzene rings is 1. The van der Waals surface area contributed by atoms with Gasteiger partial charge in [-0.1, -0.05) is 19.1 Å².